The number of thioether (sulfide) groups is 1. The van der Waals surface area contributed by atoms with Crippen molar-refractivity contribution in [3.63, 3.8) is 0 Å². The zero-order valence-corrected chi connectivity index (χ0v) is 11.8. The summed E-state index contributed by atoms with van der Waals surface area (Å²) in [7, 11) is 0. The van der Waals surface area contributed by atoms with Crippen LogP contribution in [0.5, 0.6) is 0 Å². The fourth-order valence-corrected chi connectivity index (χ4v) is 3.34. The number of hydrogen-bond donors (Lipinski definition) is 2. The van der Waals surface area contributed by atoms with Crippen molar-refractivity contribution in [2.75, 3.05) is 11.5 Å². The van der Waals surface area contributed by atoms with E-state index in [1.54, 1.807) is 0 Å². The summed E-state index contributed by atoms with van der Waals surface area (Å²) in [5.41, 5.74) is -1.19. The third-order valence-electron chi connectivity index (χ3n) is 3.21. The Labute approximate surface area is 123 Å². The largest absolute Gasteiger partial charge is 0.479 e. The van der Waals surface area contributed by atoms with Gasteiger partial charge in [-0.15, -0.1) is 0 Å². The molecule has 114 valence electrons. The van der Waals surface area contributed by atoms with E-state index in [1.807, 2.05) is 0 Å². The third kappa shape index (κ3) is 3.51. The number of nitrogens with one attached hydrogen (secondary N) is 1. The monoisotopic (exact) mass is 314 g/mol. The van der Waals surface area contributed by atoms with Gasteiger partial charge in [0.05, 0.1) is 0 Å². The van der Waals surface area contributed by atoms with Crippen molar-refractivity contribution >= 4 is 29.5 Å². The van der Waals surface area contributed by atoms with Crippen molar-refractivity contribution < 1.29 is 19.6 Å². The molecule has 2 rings (SSSR count). The molecule has 1 unspecified atom stereocenters. The highest BCUT2D eigenvalue weighted by atomic mass is 32.2. The van der Waals surface area contributed by atoms with E-state index < -0.39 is 22.3 Å². The molecule has 1 atom stereocenters. The fourth-order valence-electron chi connectivity index (χ4n) is 2.01. The number of nitrogens with zero attached hydrogens (tertiary/aromatic N) is 3. The van der Waals surface area contributed by atoms with Gasteiger partial charge in [-0.1, -0.05) is 0 Å². The Bertz CT molecular complexity index is 567. The number of aliphatic carboxylic acids is 1. The first-order valence-electron chi connectivity index (χ1n) is 6.21. The molecule has 9 nitrogen and oxygen atoms in total. The molecule has 1 aliphatic heterocycles. The number of rotatable bonds is 6. The highest BCUT2D eigenvalue weighted by Crippen LogP contribution is 2.28. The van der Waals surface area contributed by atoms with E-state index in [2.05, 4.69) is 10.3 Å². The van der Waals surface area contributed by atoms with Gasteiger partial charge in [-0.3, -0.25) is 4.79 Å². The minimum absolute atomic E-state index is 0.0349. The van der Waals surface area contributed by atoms with Crippen LogP contribution in [0, 0.1) is 10.1 Å². The molecule has 0 radical (unpaired) electrons. The summed E-state index contributed by atoms with van der Waals surface area (Å²) in [6, 6.07) is 0. The summed E-state index contributed by atoms with van der Waals surface area (Å²) in [5, 5.41) is 22.3. The normalized spacial score (nSPS) is 21.1. The van der Waals surface area contributed by atoms with Gasteiger partial charge >= 0.3 is 11.8 Å². The quantitative estimate of drug-likeness (QED) is 0.569. The van der Waals surface area contributed by atoms with Crippen molar-refractivity contribution in [3.8, 4) is 0 Å². The molecule has 21 heavy (non-hydrogen) atoms. The molecular weight excluding hydrogens is 300 g/mol. The first-order valence-corrected chi connectivity index (χ1v) is 7.37. The predicted molar refractivity (Wildman–Crippen MR) is 73.9 cm³/mol. The molecule has 1 aromatic heterocycles. The molecule has 0 spiro atoms. The van der Waals surface area contributed by atoms with E-state index in [0.717, 1.165) is 0 Å². The van der Waals surface area contributed by atoms with E-state index in [-0.39, 0.29) is 18.8 Å². The molecule has 0 aromatic carbocycles. The zero-order chi connectivity index (χ0) is 15.5. The lowest BCUT2D eigenvalue weighted by Crippen LogP contribution is -2.54. The summed E-state index contributed by atoms with van der Waals surface area (Å²) < 4.78 is 1.43. The van der Waals surface area contributed by atoms with Crippen LogP contribution in [-0.4, -0.2) is 48.5 Å². The number of carbonyl (C=O) groups excluding carboxylic acids is 1. The van der Waals surface area contributed by atoms with E-state index >= 15 is 0 Å². The fraction of sp³-hybridized carbons (Fsp3) is 0.545. The highest BCUT2D eigenvalue weighted by molar-refractivity contribution is 7.99. The van der Waals surface area contributed by atoms with Crippen LogP contribution in [0.4, 0.5) is 5.82 Å². The second-order valence-electron chi connectivity index (χ2n) is 4.71. The van der Waals surface area contributed by atoms with Crippen molar-refractivity contribution in [2.24, 2.45) is 0 Å². The number of carbonyl (C=O) groups is 2. The van der Waals surface area contributed by atoms with Crippen molar-refractivity contribution in [1.29, 1.82) is 0 Å². The second kappa shape index (κ2) is 6.12. The van der Waals surface area contributed by atoms with Crippen LogP contribution in [0.15, 0.2) is 12.5 Å². The van der Waals surface area contributed by atoms with E-state index in [9.17, 15) is 24.8 Å². The number of imidazole rings is 1. The summed E-state index contributed by atoms with van der Waals surface area (Å²) in [6.45, 7) is 0.204. The van der Waals surface area contributed by atoms with E-state index in [0.29, 0.717) is 17.9 Å². The van der Waals surface area contributed by atoms with Gasteiger partial charge in [-0.05, 0) is 22.1 Å². The minimum atomic E-state index is -1.19. The third-order valence-corrected chi connectivity index (χ3v) is 4.40. The van der Waals surface area contributed by atoms with Gasteiger partial charge in [0.25, 0.3) is 0 Å². The van der Waals surface area contributed by atoms with Crippen LogP contribution < -0.4 is 5.32 Å². The topological polar surface area (TPSA) is 127 Å². The van der Waals surface area contributed by atoms with Gasteiger partial charge in [0.1, 0.15) is 11.7 Å². The maximum atomic E-state index is 11.9. The molecule has 0 aliphatic carbocycles. The van der Waals surface area contributed by atoms with Gasteiger partial charge < -0.3 is 25.1 Å². The van der Waals surface area contributed by atoms with Crippen LogP contribution in [0.2, 0.25) is 0 Å². The number of aryl methyl sites for hydroxylation is 1. The first-order chi connectivity index (χ1) is 9.93. The SMILES string of the molecule is O=C(CCn1cnc([N+](=O)[O-])c1)NC1(C(=O)O)CCSC1. The van der Waals surface area contributed by atoms with Gasteiger partial charge in [0, 0.05) is 18.7 Å². The lowest BCUT2D eigenvalue weighted by molar-refractivity contribution is -0.389. The zero-order valence-electron chi connectivity index (χ0n) is 11.0. The van der Waals surface area contributed by atoms with Crippen LogP contribution in [0.25, 0.3) is 0 Å². The molecule has 10 heteroatoms. The molecule has 2 heterocycles. The Kier molecular flexibility index (Phi) is 4.46. The molecule has 1 aliphatic rings. The standard InChI is InChI=1S/C11H14N4O5S/c16-9(13-11(10(17)18)2-4-21-6-11)1-3-14-5-8(12-7-14)15(19)20/h5,7H,1-4,6H2,(H,13,16)(H,17,18). The van der Waals surface area contributed by atoms with Gasteiger partial charge in [-0.2, -0.15) is 11.8 Å². The smallest absolute Gasteiger partial charge is 0.381 e. The maximum Gasteiger partial charge on any atom is 0.381 e. The summed E-state index contributed by atoms with van der Waals surface area (Å²) in [5.74, 6) is -0.662. The molecule has 1 saturated heterocycles. The van der Waals surface area contributed by atoms with Gasteiger partial charge in [-0.25, -0.2) is 4.79 Å². The summed E-state index contributed by atoms with van der Waals surface area (Å²) in [6.07, 6.45) is 2.93. The van der Waals surface area contributed by atoms with Crippen LogP contribution in [0.1, 0.15) is 12.8 Å². The second-order valence-corrected chi connectivity index (χ2v) is 5.82. The van der Waals surface area contributed by atoms with E-state index in [4.69, 9.17) is 0 Å². The molecule has 1 fully saturated rings. The molecular formula is C11H14N4O5S. The molecule has 1 amide bonds. The number of carboxylic acid groups (broad SMARTS) is 1. The van der Waals surface area contributed by atoms with E-state index in [1.165, 1.54) is 28.9 Å². The van der Waals surface area contributed by atoms with Crippen LogP contribution >= 0.6 is 11.8 Å². The average molecular weight is 314 g/mol. The van der Waals surface area contributed by atoms with Crippen molar-refractivity contribution in [3.05, 3.63) is 22.6 Å². The molecule has 0 saturated carbocycles. The minimum Gasteiger partial charge on any atom is -0.479 e. The number of amides is 1. The Balaban J connectivity index is 1.89. The lowest BCUT2D eigenvalue weighted by atomic mass is 9.99. The van der Waals surface area contributed by atoms with Crippen molar-refractivity contribution in [2.45, 2.75) is 24.9 Å². The number of hydrogen-bond acceptors (Lipinski definition) is 6. The maximum absolute atomic E-state index is 11.9. The number of aromatic nitrogens is 2. The number of nitro groups is 1. The first kappa shape index (κ1) is 15.3. The predicted octanol–water partition coefficient (Wildman–Crippen LogP) is 0.258. The Morgan fingerprint density at radius 1 is 1.62 bits per heavy atom. The number of carboxylic acids is 1. The Hall–Kier alpha value is -2.10. The Morgan fingerprint density at radius 3 is 2.90 bits per heavy atom. The van der Waals surface area contributed by atoms with Crippen LogP contribution in [-0.2, 0) is 16.1 Å². The average Bonchev–Trinajstić information content (AvgIpc) is 3.05. The lowest BCUT2D eigenvalue weighted by Gasteiger charge is -2.24. The van der Waals surface area contributed by atoms with Crippen LogP contribution in [0.3, 0.4) is 0 Å². The van der Waals surface area contributed by atoms with Gasteiger partial charge in [0.2, 0.25) is 12.2 Å². The summed E-state index contributed by atoms with van der Waals surface area (Å²) >= 11 is 1.49. The van der Waals surface area contributed by atoms with Crippen molar-refractivity contribution in [1.82, 2.24) is 14.9 Å². The molecule has 1 aromatic rings. The molecule has 2 N–H and O–H groups in total. The molecule has 0 bridgehead atoms. The summed E-state index contributed by atoms with van der Waals surface area (Å²) in [4.78, 5) is 36.6. The highest BCUT2D eigenvalue weighted by Gasteiger charge is 2.43. The van der Waals surface area contributed by atoms with Gasteiger partial charge in [0.15, 0.2) is 0 Å². The Morgan fingerprint density at radius 2 is 2.38 bits per heavy atom.